The molecule has 626 valence electrons. The highest BCUT2D eigenvalue weighted by Crippen LogP contribution is 2.40. The van der Waals surface area contributed by atoms with Gasteiger partial charge in [-0.1, -0.05) is 0 Å². The van der Waals surface area contributed by atoms with Crippen LogP contribution < -0.4 is 16.0 Å². The third kappa shape index (κ3) is 19.1. The second-order valence-corrected chi connectivity index (χ2v) is 27.4. The lowest BCUT2D eigenvalue weighted by molar-refractivity contribution is -0.391. The van der Waals surface area contributed by atoms with E-state index in [1.54, 1.807) is 0 Å². The Morgan fingerprint density at radius 1 is 0.259 bits per heavy atom. The number of aliphatic hydroxyl groups excluding tert-OH is 25. The van der Waals surface area contributed by atoms with Crippen molar-refractivity contribution in [1.82, 2.24) is 16.0 Å². The Morgan fingerprint density at radius 3 is 0.954 bits per heavy atom. The van der Waals surface area contributed by atoms with Crippen LogP contribution in [0.2, 0.25) is 0 Å². The van der Waals surface area contributed by atoms with Crippen LogP contribution in [0.15, 0.2) is 0 Å². The molecule has 0 saturated carbocycles. The molecule has 9 heterocycles. The average molecular weight is 1580 g/mol. The van der Waals surface area contributed by atoms with Gasteiger partial charge in [0.15, 0.2) is 56.6 Å². The van der Waals surface area contributed by atoms with Crippen LogP contribution in [-0.4, -0.2) is 474 Å². The number of ether oxygens (including phenoxy) is 17. The fourth-order valence-electron chi connectivity index (χ4n) is 14.0. The van der Waals surface area contributed by atoms with Crippen molar-refractivity contribution >= 4 is 17.7 Å². The van der Waals surface area contributed by atoms with Gasteiger partial charge in [0.2, 0.25) is 17.7 Å². The van der Waals surface area contributed by atoms with E-state index in [0.29, 0.717) is 0 Å². The van der Waals surface area contributed by atoms with Crippen LogP contribution in [0.25, 0.3) is 0 Å². The lowest BCUT2D eigenvalue weighted by Gasteiger charge is -2.51. The topological polar surface area (TPSA) is 750 Å². The molecule has 9 fully saturated rings. The molecule has 28 N–H and O–H groups in total. The standard InChI is InChI=1S/C60H101N3O45/c1-13-28(74)35(81)40(86)56(93-13)106-49-27(63-16(4)73)53(100-23(11-70)46(49)103-59-43(89)50(33(79)21(9-68)99-59)107-54-25(61-14(2)71)47(31(77)19(7-66)95-54)104-57-41(87)36(82)29(75)17(5-64)97-57)92-12-24-34(80)51(44(90)60(101-24)102-45-22(10-69)94-52(91)39(85)38(45)84)108-55-26(62-15(3)72)48(32(78)20(8-67)96-55)105-58-42(88)37(83)30(76)18(6-65)98-58/h13,17-60,64-70,74-91H,5-12H2,1-4H3,(H,61,71)(H,62,72)(H,63,73)/t13-,17+,18+,19+,20+,21+,22+,23+,24+,25+,26+,27+,28+,29-,30-,31+,32+,33-,34-,35+,36-,37-,38+,39+,40-,41+,42+,43+,44+,45+,46+,47+,48+,49+,50-,51-,52?,53+,54-,55-,56-,57-,58-,59?,60-/m0/s1. The van der Waals surface area contributed by atoms with Gasteiger partial charge in [-0.25, -0.2) is 0 Å². The zero-order chi connectivity index (χ0) is 79.5. The molecule has 48 nitrogen and oxygen atoms in total. The first-order valence-corrected chi connectivity index (χ1v) is 34.5. The Kier molecular flexibility index (Phi) is 31.6. The highest BCUT2D eigenvalue weighted by molar-refractivity contribution is 5.74. The number of nitrogens with one attached hydrogen (secondary N) is 3. The molecule has 108 heavy (non-hydrogen) atoms. The minimum atomic E-state index is -2.42. The van der Waals surface area contributed by atoms with Crippen LogP contribution in [0.1, 0.15) is 27.7 Å². The fraction of sp³-hybridized carbons (Fsp3) is 0.950. The van der Waals surface area contributed by atoms with Gasteiger partial charge in [0.05, 0.1) is 59.0 Å². The van der Waals surface area contributed by atoms with Gasteiger partial charge in [0, 0.05) is 20.8 Å². The molecule has 9 aliphatic rings. The number of carbonyl (C=O) groups is 3. The summed E-state index contributed by atoms with van der Waals surface area (Å²) >= 11 is 0. The van der Waals surface area contributed by atoms with E-state index in [-0.39, 0.29) is 0 Å². The Labute approximate surface area is 611 Å². The van der Waals surface area contributed by atoms with Gasteiger partial charge in [-0.3, -0.25) is 14.4 Å². The Bertz CT molecular complexity index is 2820. The quantitative estimate of drug-likeness (QED) is 0.0363. The summed E-state index contributed by atoms with van der Waals surface area (Å²) in [5, 5.41) is 282. The van der Waals surface area contributed by atoms with E-state index in [0.717, 1.165) is 20.8 Å². The number of rotatable bonds is 27. The summed E-state index contributed by atoms with van der Waals surface area (Å²) in [6, 6.07) is -5.74. The molecule has 0 bridgehead atoms. The second kappa shape index (κ2) is 38.5. The van der Waals surface area contributed by atoms with E-state index in [9.17, 15) is 142 Å². The molecular formula is C60H101N3O45. The van der Waals surface area contributed by atoms with Crippen molar-refractivity contribution in [2.75, 3.05) is 52.9 Å². The van der Waals surface area contributed by atoms with Crippen molar-refractivity contribution in [1.29, 1.82) is 0 Å². The first-order valence-electron chi connectivity index (χ1n) is 34.5. The minimum Gasteiger partial charge on any atom is -0.394 e. The first-order chi connectivity index (χ1) is 51.1. The third-order valence-electron chi connectivity index (χ3n) is 19.9. The van der Waals surface area contributed by atoms with E-state index >= 15 is 0 Å². The smallest absolute Gasteiger partial charge is 0.217 e. The fourth-order valence-corrected chi connectivity index (χ4v) is 14.0. The molecule has 48 heteroatoms. The number of hydrogen-bond acceptors (Lipinski definition) is 45. The third-order valence-corrected chi connectivity index (χ3v) is 19.9. The zero-order valence-corrected chi connectivity index (χ0v) is 58.0. The SMILES string of the molecule is CC(=O)N[C@H]1[C@H](OC[C@H]2O[C@@H](O[C@H]3[C@H](O)[C@@H](O)C(O)O[C@@H]3CO)[C@H](O)[C@@H](O[C@@H]3O[C@H](CO)[C@@H](O)[C@H](O[C@@H]4O[C@H](CO)[C@H](O)[C@H](O)[C@H]4O)[C@H]3NC(C)=O)[C@H]2O)O[C@H](CO)[C@@H](OC2O[C@H](CO)[C@H](O)[C@H](O[C@@H]3O[C@H](CO)[C@@H](O)[C@H](O[C@@H]4O[C@H](CO)[C@H](O)[C@H](O)[C@H]4O)[C@H]3NC(C)=O)[C@H]2O)[C@@H]1O[C@@H]1O[C@@H](C)[C@@H](O)[C@@H](O)[C@@H]1O. The summed E-state index contributed by atoms with van der Waals surface area (Å²) in [5.74, 6) is -2.85. The molecule has 0 aromatic rings. The van der Waals surface area contributed by atoms with Crippen LogP contribution in [0.5, 0.6) is 0 Å². The molecule has 3 amide bonds. The van der Waals surface area contributed by atoms with E-state index in [4.69, 9.17) is 80.5 Å². The first kappa shape index (κ1) is 88.7. The van der Waals surface area contributed by atoms with Crippen LogP contribution in [0.4, 0.5) is 0 Å². The zero-order valence-electron chi connectivity index (χ0n) is 58.0. The van der Waals surface area contributed by atoms with Gasteiger partial charge in [-0.2, -0.15) is 0 Å². The van der Waals surface area contributed by atoms with Gasteiger partial charge in [0.1, 0.15) is 213 Å². The van der Waals surface area contributed by atoms with E-state index in [1.807, 2.05) is 0 Å². The highest BCUT2D eigenvalue weighted by Gasteiger charge is 2.61. The van der Waals surface area contributed by atoms with Crippen molar-refractivity contribution in [3.8, 4) is 0 Å². The lowest BCUT2D eigenvalue weighted by atomic mass is 9.93. The predicted molar refractivity (Wildman–Crippen MR) is 330 cm³/mol. The van der Waals surface area contributed by atoms with Crippen LogP contribution in [0, 0.1) is 0 Å². The number of amides is 3. The molecule has 0 aromatic heterocycles. The highest BCUT2D eigenvalue weighted by atomic mass is 16.8. The van der Waals surface area contributed by atoms with Crippen LogP contribution in [0.3, 0.4) is 0 Å². The minimum absolute atomic E-state index is 0.914. The maximum Gasteiger partial charge on any atom is 0.217 e. The monoisotopic (exact) mass is 1580 g/mol. The van der Waals surface area contributed by atoms with E-state index in [2.05, 4.69) is 16.0 Å². The molecule has 0 aliphatic carbocycles. The number of carbonyl (C=O) groups excluding carboxylic acids is 3. The number of aliphatic hydroxyl groups is 25. The molecule has 0 spiro atoms. The van der Waals surface area contributed by atoms with Crippen molar-refractivity contribution in [2.24, 2.45) is 0 Å². The summed E-state index contributed by atoms with van der Waals surface area (Å²) in [6.07, 6.45) is -86.0. The van der Waals surface area contributed by atoms with Gasteiger partial charge >= 0.3 is 0 Å². The predicted octanol–water partition coefficient (Wildman–Crippen LogP) is -19.2. The molecule has 2 unspecified atom stereocenters. The van der Waals surface area contributed by atoms with Crippen molar-refractivity contribution < 1.29 is 223 Å². The Morgan fingerprint density at radius 2 is 0.546 bits per heavy atom. The summed E-state index contributed by atoms with van der Waals surface area (Å²) in [7, 11) is 0. The van der Waals surface area contributed by atoms with Gasteiger partial charge in [0.25, 0.3) is 0 Å². The van der Waals surface area contributed by atoms with Crippen molar-refractivity contribution in [3.63, 3.8) is 0 Å². The molecule has 0 radical (unpaired) electrons. The molecule has 45 atom stereocenters. The Hall–Kier alpha value is -3.27. The number of hydrogen-bond donors (Lipinski definition) is 28. The van der Waals surface area contributed by atoms with Crippen molar-refractivity contribution in [3.05, 3.63) is 0 Å². The molecule has 9 aliphatic heterocycles. The summed E-state index contributed by atoms with van der Waals surface area (Å²) in [4.78, 5) is 39.5. The maximum absolute atomic E-state index is 13.5. The Balaban J connectivity index is 1.05. The molecule has 9 rings (SSSR count). The molecule has 9 saturated heterocycles. The lowest BCUT2D eigenvalue weighted by Crippen LogP contribution is -2.71. The second-order valence-electron chi connectivity index (χ2n) is 27.4. The van der Waals surface area contributed by atoms with E-state index in [1.165, 1.54) is 6.92 Å². The van der Waals surface area contributed by atoms with Gasteiger partial charge in [-0.05, 0) is 6.92 Å². The van der Waals surface area contributed by atoms with Crippen LogP contribution in [-0.2, 0) is 94.9 Å². The van der Waals surface area contributed by atoms with E-state index < -0.39 is 347 Å². The summed E-state index contributed by atoms with van der Waals surface area (Å²) in [5.41, 5.74) is 0. The van der Waals surface area contributed by atoms with Crippen LogP contribution >= 0.6 is 0 Å². The summed E-state index contributed by atoms with van der Waals surface area (Å²) < 4.78 is 101. The van der Waals surface area contributed by atoms with Gasteiger partial charge < -0.3 is 224 Å². The summed E-state index contributed by atoms with van der Waals surface area (Å²) in [6.45, 7) is -4.65. The van der Waals surface area contributed by atoms with Crippen molar-refractivity contribution in [2.45, 2.75) is 304 Å². The molecular weight excluding hydrogens is 1480 g/mol. The average Bonchev–Trinajstić information content (AvgIpc) is 0.769. The van der Waals surface area contributed by atoms with Gasteiger partial charge in [-0.15, -0.1) is 0 Å². The largest absolute Gasteiger partial charge is 0.394 e. The normalized spacial score (nSPS) is 50.4. The maximum atomic E-state index is 13.5. The molecule has 0 aromatic carbocycles.